The third-order valence-electron chi connectivity index (χ3n) is 1.53. The van der Waals surface area contributed by atoms with Gasteiger partial charge in [0, 0.05) is 7.05 Å². The van der Waals surface area contributed by atoms with Crippen LogP contribution in [0.5, 0.6) is 0 Å². The molecule has 0 radical (unpaired) electrons. The Morgan fingerprint density at radius 2 is 2.36 bits per heavy atom. The van der Waals surface area contributed by atoms with Gasteiger partial charge in [0.2, 0.25) is 0 Å². The van der Waals surface area contributed by atoms with Crippen molar-refractivity contribution in [2.45, 2.75) is 12.0 Å². The lowest BCUT2D eigenvalue weighted by molar-refractivity contribution is -0.161. The molecular formula is C6H8F2N4O2. The number of aliphatic hydroxyl groups is 1. The number of nitrogens with zero attached hydrogens (tertiary/aromatic N) is 3. The zero-order chi connectivity index (χ0) is 10.9. The highest BCUT2D eigenvalue weighted by molar-refractivity contribution is 5.82. The van der Waals surface area contributed by atoms with Gasteiger partial charge in [-0.05, 0) is 0 Å². The summed E-state index contributed by atoms with van der Waals surface area (Å²) in [6.45, 7) is 0. The number of aryl methyl sites for hydroxylation is 1. The van der Waals surface area contributed by atoms with Crippen LogP contribution < -0.4 is 5.73 Å². The normalized spacial score (nSPS) is 14.0. The molecule has 0 aromatic carbocycles. The number of hydrogen-bond acceptors (Lipinski definition) is 4. The summed E-state index contributed by atoms with van der Waals surface area (Å²) in [6.07, 6.45) is -1.29. The van der Waals surface area contributed by atoms with E-state index in [1.165, 1.54) is 7.05 Å². The minimum atomic E-state index is -4.07. The molecule has 0 fully saturated rings. The van der Waals surface area contributed by atoms with E-state index < -0.39 is 23.8 Å². The lowest BCUT2D eigenvalue weighted by Crippen LogP contribution is -2.41. The Hall–Kier alpha value is -1.57. The smallest absolute Gasteiger partial charge is 0.356 e. The van der Waals surface area contributed by atoms with E-state index >= 15 is 0 Å². The summed E-state index contributed by atoms with van der Waals surface area (Å²) in [5.41, 5.74) is 4.40. The first-order valence-electron chi connectivity index (χ1n) is 3.57. The Kier molecular flexibility index (Phi) is 2.47. The maximum Gasteiger partial charge on any atom is 0.356 e. The molecule has 1 unspecified atom stereocenters. The first kappa shape index (κ1) is 10.5. The third kappa shape index (κ3) is 1.69. The molecule has 1 atom stereocenters. The quantitative estimate of drug-likeness (QED) is 0.661. The average Bonchev–Trinajstić information content (AvgIpc) is 2.50. The number of carbonyl (C=O) groups is 1. The minimum absolute atomic E-state index is 0.545. The minimum Gasteiger partial charge on any atom is -0.379 e. The van der Waals surface area contributed by atoms with Gasteiger partial charge in [0.05, 0.1) is 0 Å². The number of alkyl halides is 2. The molecule has 14 heavy (non-hydrogen) atoms. The van der Waals surface area contributed by atoms with E-state index in [1.54, 1.807) is 0 Å². The van der Waals surface area contributed by atoms with Gasteiger partial charge < -0.3 is 10.8 Å². The predicted molar refractivity (Wildman–Crippen MR) is 40.1 cm³/mol. The third-order valence-corrected chi connectivity index (χ3v) is 1.53. The summed E-state index contributed by atoms with van der Waals surface area (Å²) >= 11 is 0. The summed E-state index contributed by atoms with van der Waals surface area (Å²) in [5.74, 6) is -6.53. The molecule has 0 bridgehead atoms. The highest BCUT2D eigenvalue weighted by Crippen LogP contribution is 2.28. The predicted octanol–water partition coefficient (Wildman–Crippen LogP) is -1.03. The van der Waals surface area contributed by atoms with Gasteiger partial charge in [-0.25, -0.2) is 4.98 Å². The lowest BCUT2D eigenvalue weighted by atomic mass is 10.1. The monoisotopic (exact) mass is 206 g/mol. The maximum absolute atomic E-state index is 12.8. The maximum atomic E-state index is 12.8. The molecule has 1 rings (SSSR count). The van der Waals surface area contributed by atoms with Crippen LogP contribution in [0.15, 0.2) is 6.33 Å². The second-order valence-electron chi connectivity index (χ2n) is 2.67. The summed E-state index contributed by atoms with van der Waals surface area (Å²) in [4.78, 5) is 13.7. The molecule has 0 aliphatic carbocycles. The van der Waals surface area contributed by atoms with Crippen molar-refractivity contribution in [1.29, 1.82) is 0 Å². The highest BCUT2D eigenvalue weighted by atomic mass is 19.3. The van der Waals surface area contributed by atoms with Crippen molar-refractivity contribution in [3.05, 3.63) is 12.2 Å². The van der Waals surface area contributed by atoms with E-state index in [2.05, 4.69) is 15.8 Å². The number of primary amides is 1. The van der Waals surface area contributed by atoms with E-state index in [4.69, 9.17) is 5.11 Å². The van der Waals surface area contributed by atoms with Crippen molar-refractivity contribution >= 4 is 5.91 Å². The molecule has 8 heteroatoms. The van der Waals surface area contributed by atoms with Crippen LogP contribution >= 0.6 is 0 Å². The van der Waals surface area contributed by atoms with Crippen LogP contribution in [-0.2, 0) is 11.8 Å². The van der Waals surface area contributed by atoms with Crippen LogP contribution in [0.1, 0.15) is 11.9 Å². The van der Waals surface area contributed by atoms with Crippen LogP contribution in [-0.4, -0.2) is 31.7 Å². The van der Waals surface area contributed by atoms with Gasteiger partial charge in [-0.15, -0.1) is 0 Å². The van der Waals surface area contributed by atoms with Gasteiger partial charge in [-0.3, -0.25) is 9.48 Å². The molecule has 0 saturated heterocycles. The van der Waals surface area contributed by atoms with E-state index in [-0.39, 0.29) is 0 Å². The molecule has 0 saturated carbocycles. The largest absolute Gasteiger partial charge is 0.379 e. The molecule has 0 aliphatic rings. The number of aromatic nitrogens is 3. The topological polar surface area (TPSA) is 94.0 Å². The van der Waals surface area contributed by atoms with Gasteiger partial charge in [-0.2, -0.15) is 13.9 Å². The zero-order valence-electron chi connectivity index (χ0n) is 7.19. The molecule has 1 aromatic rings. The van der Waals surface area contributed by atoms with E-state index in [9.17, 15) is 13.6 Å². The summed E-state index contributed by atoms with van der Waals surface area (Å²) in [7, 11) is 1.44. The van der Waals surface area contributed by atoms with Gasteiger partial charge in [0.1, 0.15) is 6.33 Å². The van der Waals surface area contributed by atoms with Crippen LogP contribution in [0.3, 0.4) is 0 Å². The number of halogens is 2. The fraction of sp³-hybridized carbons (Fsp3) is 0.500. The summed E-state index contributed by atoms with van der Waals surface area (Å²) < 4.78 is 26.8. The van der Waals surface area contributed by atoms with Crippen molar-refractivity contribution in [2.24, 2.45) is 12.8 Å². The van der Waals surface area contributed by atoms with Crippen LogP contribution in [0.25, 0.3) is 0 Å². The van der Waals surface area contributed by atoms with Crippen molar-refractivity contribution in [1.82, 2.24) is 14.8 Å². The second-order valence-corrected chi connectivity index (χ2v) is 2.67. The van der Waals surface area contributed by atoms with Crippen molar-refractivity contribution in [3.63, 3.8) is 0 Å². The standard InChI is InChI=1S/C6H8F2N4O2/c1-12-2-10-4(11-12)3(13)6(7,8)5(9)14/h2-3,13H,1H3,(H2,9,14). The SMILES string of the molecule is Cn1cnc(C(O)C(F)(F)C(N)=O)n1. The Bertz CT molecular complexity index is 351. The lowest BCUT2D eigenvalue weighted by Gasteiger charge is -2.15. The second kappa shape index (κ2) is 3.29. The number of amides is 1. The van der Waals surface area contributed by atoms with Crippen molar-refractivity contribution < 1.29 is 18.7 Å². The van der Waals surface area contributed by atoms with Crippen LogP contribution in [0.2, 0.25) is 0 Å². The number of rotatable bonds is 3. The van der Waals surface area contributed by atoms with Crippen LogP contribution in [0, 0.1) is 0 Å². The average molecular weight is 206 g/mol. The van der Waals surface area contributed by atoms with E-state index in [0.717, 1.165) is 11.0 Å². The molecular weight excluding hydrogens is 198 g/mol. The number of carbonyl (C=O) groups excluding carboxylic acids is 1. The van der Waals surface area contributed by atoms with Crippen molar-refractivity contribution in [3.8, 4) is 0 Å². The number of nitrogens with two attached hydrogens (primary N) is 1. The van der Waals surface area contributed by atoms with E-state index in [1.807, 2.05) is 0 Å². The van der Waals surface area contributed by atoms with Crippen LogP contribution in [0.4, 0.5) is 8.78 Å². The zero-order valence-corrected chi connectivity index (χ0v) is 7.19. The molecule has 0 spiro atoms. The van der Waals surface area contributed by atoms with E-state index in [0.29, 0.717) is 0 Å². The fourth-order valence-corrected chi connectivity index (χ4v) is 0.778. The number of hydrogen-bond donors (Lipinski definition) is 2. The fourth-order valence-electron chi connectivity index (χ4n) is 0.778. The molecule has 1 amide bonds. The van der Waals surface area contributed by atoms with Gasteiger partial charge >= 0.3 is 5.92 Å². The van der Waals surface area contributed by atoms with Gasteiger partial charge in [0.25, 0.3) is 5.91 Å². The molecule has 3 N–H and O–H groups in total. The first-order valence-corrected chi connectivity index (χ1v) is 3.57. The van der Waals surface area contributed by atoms with Gasteiger partial charge in [0.15, 0.2) is 11.9 Å². The summed E-state index contributed by atoms with van der Waals surface area (Å²) in [5, 5.41) is 12.5. The van der Waals surface area contributed by atoms with Crippen molar-refractivity contribution in [2.75, 3.05) is 0 Å². The highest BCUT2D eigenvalue weighted by Gasteiger charge is 2.47. The molecule has 6 nitrogen and oxygen atoms in total. The Morgan fingerprint density at radius 1 is 1.79 bits per heavy atom. The molecule has 0 aliphatic heterocycles. The molecule has 1 aromatic heterocycles. The molecule has 78 valence electrons. The summed E-state index contributed by atoms with van der Waals surface area (Å²) in [6, 6.07) is 0. The number of aliphatic hydroxyl groups excluding tert-OH is 1. The Morgan fingerprint density at radius 3 is 2.71 bits per heavy atom. The molecule has 1 heterocycles. The Labute approximate surface area is 77.3 Å². The Balaban J connectivity index is 2.95. The first-order chi connectivity index (χ1) is 6.35. The van der Waals surface area contributed by atoms with Gasteiger partial charge in [-0.1, -0.05) is 0 Å².